The lowest BCUT2D eigenvalue weighted by molar-refractivity contribution is 0.0669. The van der Waals surface area contributed by atoms with Gasteiger partial charge in [0.25, 0.3) is 5.91 Å². The predicted molar refractivity (Wildman–Crippen MR) is 101 cm³/mol. The Labute approximate surface area is 153 Å². The molecule has 1 fully saturated rings. The van der Waals surface area contributed by atoms with E-state index in [1.165, 1.54) is 17.8 Å². The zero-order valence-corrected chi connectivity index (χ0v) is 15.6. The molecule has 1 aliphatic heterocycles. The lowest BCUT2D eigenvalue weighted by Crippen LogP contribution is -2.42. The van der Waals surface area contributed by atoms with Crippen LogP contribution in [0.4, 0.5) is 0 Å². The molecule has 1 aromatic heterocycles. The summed E-state index contributed by atoms with van der Waals surface area (Å²) in [6.07, 6.45) is 2.24. The first-order valence-electron chi connectivity index (χ1n) is 8.84. The minimum absolute atomic E-state index is 0.0502. The number of nitrogens with zero attached hydrogens (tertiary/aromatic N) is 2. The Balaban J connectivity index is 1.69. The summed E-state index contributed by atoms with van der Waals surface area (Å²) in [4.78, 5) is 19.3. The third kappa shape index (κ3) is 4.38. The fraction of sp³-hybridized carbons (Fsp3) is 0.474. The van der Waals surface area contributed by atoms with Crippen molar-refractivity contribution < 1.29 is 9.53 Å². The number of hydrogen-bond donors (Lipinski definition) is 1. The van der Waals surface area contributed by atoms with E-state index in [0.717, 1.165) is 42.4 Å². The van der Waals surface area contributed by atoms with Crippen LogP contribution in [0.25, 0.3) is 10.6 Å². The highest BCUT2D eigenvalue weighted by Crippen LogP contribution is 2.27. The smallest absolute Gasteiger partial charge is 0.273 e. The van der Waals surface area contributed by atoms with Crippen molar-refractivity contribution in [2.45, 2.75) is 19.8 Å². The summed E-state index contributed by atoms with van der Waals surface area (Å²) in [7, 11) is 1.96. The summed E-state index contributed by atoms with van der Waals surface area (Å²) in [5, 5.41) is 5.96. The van der Waals surface area contributed by atoms with Crippen molar-refractivity contribution >= 4 is 17.2 Å². The van der Waals surface area contributed by atoms with Gasteiger partial charge in [0.1, 0.15) is 16.5 Å². The Morgan fingerprint density at radius 1 is 1.40 bits per heavy atom. The molecule has 0 bridgehead atoms. The maximum atomic E-state index is 12.8. The first-order valence-corrected chi connectivity index (χ1v) is 9.72. The Morgan fingerprint density at radius 3 is 2.92 bits per heavy atom. The van der Waals surface area contributed by atoms with E-state index in [9.17, 15) is 4.79 Å². The van der Waals surface area contributed by atoms with E-state index in [1.54, 1.807) is 0 Å². The van der Waals surface area contributed by atoms with Crippen LogP contribution in [0.5, 0.6) is 5.75 Å². The molecular weight excluding hydrogens is 334 g/mol. The van der Waals surface area contributed by atoms with Crippen molar-refractivity contribution in [2.24, 2.45) is 5.92 Å². The Morgan fingerprint density at radius 2 is 2.20 bits per heavy atom. The molecule has 1 unspecified atom stereocenters. The minimum Gasteiger partial charge on any atom is -0.494 e. The van der Waals surface area contributed by atoms with Crippen LogP contribution in [0.15, 0.2) is 29.6 Å². The molecular formula is C19H25N3O2S. The van der Waals surface area contributed by atoms with Crippen LogP contribution in [0.1, 0.15) is 30.3 Å². The van der Waals surface area contributed by atoms with E-state index in [1.807, 2.05) is 48.5 Å². The van der Waals surface area contributed by atoms with Crippen LogP contribution in [0.3, 0.4) is 0 Å². The number of carbonyl (C=O) groups excluding carboxylic acids is 1. The lowest BCUT2D eigenvalue weighted by atomic mass is 9.98. The van der Waals surface area contributed by atoms with Crippen LogP contribution in [0.2, 0.25) is 0 Å². The summed E-state index contributed by atoms with van der Waals surface area (Å²) in [6.45, 7) is 5.22. The molecule has 0 aliphatic carbocycles. The first-order chi connectivity index (χ1) is 12.2. The van der Waals surface area contributed by atoms with E-state index in [-0.39, 0.29) is 5.91 Å². The molecule has 1 aromatic carbocycles. The topological polar surface area (TPSA) is 54.5 Å². The van der Waals surface area contributed by atoms with Crippen molar-refractivity contribution in [3.8, 4) is 16.3 Å². The van der Waals surface area contributed by atoms with E-state index >= 15 is 0 Å². The SMILES string of the molecule is CCOc1ccc(-c2nc(C(=O)N3CCCC(CNC)C3)cs2)cc1. The first kappa shape index (κ1) is 17.9. The zero-order chi connectivity index (χ0) is 17.6. The van der Waals surface area contributed by atoms with E-state index in [4.69, 9.17) is 4.74 Å². The van der Waals surface area contributed by atoms with Gasteiger partial charge in [0, 0.05) is 24.0 Å². The number of piperidine rings is 1. The number of amides is 1. The summed E-state index contributed by atoms with van der Waals surface area (Å²) in [5.74, 6) is 1.43. The van der Waals surface area contributed by atoms with Crippen molar-refractivity contribution in [1.82, 2.24) is 15.2 Å². The summed E-state index contributed by atoms with van der Waals surface area (Å²) in [5.41, 5.74) is 1.57. The van der Waals surface area contributed by atoms with Crippen LogP contribution < -0.4 is 10.1 Å². The van der Waals surface area contributed by atoms with Gasteiger partial charge >= 0.3 is 0 Å². The second kappa shape index (κ2) is 8.45. The normalized spacial score (nSPS) is 17.5. The number of rotatable bonds is 6. The molecule has 1 aliphatic rings. The van der Waals surface area contributed by atoms with E-state index in [0.29, 0.717) is 18.2 Å². The molecule has 0 radical (unpaired) electrons. The van der Waals surface area contributed by atoms with Crippen molar-refractivity contribution in [3.05, 3.63) is 35.3 Å². The third-order valence-corrected chi connectivity index (χ3v) is 5.33. The number of likely N-dealkylation sites (tertiary alicyclic amines) is 1. The van der Waals surface area contributed by atoms with Gasteiger partial charge in [-0.05, 0) is 63.5 Å². The molecule has 2 aromatic rings. The molecule has 2 heterocycles. The van der Waals surface area contributed by atoms with Crippen molar-refractivity contribution in [1.29, 1.82) is 0 Å². The van der Waals surface area contributed by atoms with E-state index in [2.05, 4.69) is 10.3 Å². The molecule has 3 rings (SSSR count). The Kier molecular flexibility index (Phi) is 6.04. The second-order valence-electron chi connectivity index (χ2n) is 6.31. The van der Waals surface area contributed by atoms with Gasteiger partial charge in [-0.25, -0.2) is 4.98 Å². The third-order valence-electron chi connectivity index (χ3n) is 4.43. The molecule has 134 valence electrons. The number of ether oxygens (including phenoxy) is 1. The van der Waals surface area contributed by atoms with E-state index < -0.39 is 0 Å². The molecule has 1 atom stereocenters. The van der Waals surface area contributed by atoms with Crippen molar-refractivity contribution in [2.75, 3.05) is 33.3 Å². The van der Waals surface area contributed by atoms with Crippen LogP contribution >= 0.6 is 11.3 Å². The second-order valence-corrected chi connectivity index (χ2v) is 7.17. The molecule has 25 heavy (non-hydrogen) atoms. The number of aromatic nitrogens is 1. The molecule has 1 saturated heterocycles. The Hall–Kier alpha value is -1.92. The summed E-state index contributed by atoms with van der Waals surface area (Å²) < 4.78 is 5.47. The monoisotopic (exact) mass is 359 g/mol. The highest BCUT2D eigenvalue weighted by Gasteiger charge is 2.25. The van der Waals surface area contributed by atoms with Gasteiger partial charge in [-0.3, -0.25) is 4.79 Å². The summed E-state index contributed by atoms with van der Waals surface area (Å²) >= 11 is 1.51. The average molecular weight is 359 g/mol. The highest BCUT2D eigenvalue weighted by molar-refractivity contribution is 7.13. The number of thiazole rings is 1. The molecule has 1 N–H and O–H groups in total. The maximum absolute atomic E-state index is 12.8. The number of nitrogens with one attached hydrogen (secondary N) is 1. The van der Waals surface area contributed by atoms with Gasteiger partial charge in [0.05, 0.1) is 6.61 Å². The van der Waals surface area contributed by atoms with Crippen LogP contribution in [0, 0.1) is 5.92 Å². The minimum atomic E-state index is 0.0502. The zero-order valence-electron chi connectivity index (χ0n) is 14.8. The number of benzene rings is 1. The van der Waals surface area contributed by atoms with Gasteiger partial charge in [-0.1, -0.05) is 0 Å². The quantitative estimate of drug-likeness (QED) is 0.860. The van der Waals surface area contributed by atoms with Crippen molar-refractivity contribution in [3.63, 3.8) is 0 Å². The lowest BCUT2D eigenvalue weighted by Gasteiger charge is -2.32. The maximum Gasteiger partial charge on any atom is 0.273 e. The number of hydrogen-bond acceptors (Lipinski definition) is 5. The van der Waals surface area contributed by atoms with Gasteiger partial charge in [0.15, 0.2) is 0 Å². The number of carbonyl (C=O) groups is 1. The molecule has 6 heteroatoms. The van der Waals surface area contributed by atoms with Crippen LogP contribution in [-0.2, 0) is 0 Å². The highest BCUT2D eigenvalue weighted by atomic mass is 32.1. The predicted octanol–water partition coefficient (Wildman–Crippen LogP) is 3.28. The van der Waals surface area contributed by atoms with Gasteiger partial charge in [0.2, 0.25) is 0 Å². The molecule has 1 amide bonds. The summed E-state index contributed by atoms with van der Waals surface area (Å²) in [6, 6.07) is 7.85. The largest absolute Gasteiger partial charge is 0.494 e. The van der Waals surface area contributed by atoms with Gasteiger partial charge in [-0.2, -0.15) is 0 Å². The molecule has 0 saturated carbocycles. The molecule has 0 spiro atoms. The molecule has 5 nitrogen and oxygen atoms in total. The average Bonchev–Trinajstić information content (AvgIpc) is 3.13. The standard InChI is InChI=1S/C19H25N3O2S/c1-3-24-16-8-6-15(7-9-16)18-21-17(13-25-18)19(23)22-10-4-5-14(12-22)11-20-2/h6-9,13-14,20H,3-5,10-12H2,1-2H3. The van der Waals surface area contributed by atoms with Gasteiger partial charge < -0.3 is 15.0 Å². The van der Waals surface area contributed by atoms with Gasteiger partial charge in [-0.15, -0.1) is 11.3 Å². The fourth-order valence-electron chi connectivity index (χ4n) is 3.23. The van der Waals surface area contributed by atoms with Crippen LogP contribution in [-0.4, -0.2) is 49.1 Å². The Bertz CT molecular complexity index is 697. The fourth-order valence-corrected chi connectivity index (χ4v) is 4.03.